The molecule has 0 amide bonds. The minimum absolute atomic E-state index is 1.06. The molecule has 0 radical (unpaired) electrons. The molecule has 0 spiro atoms. The Hall–Kier alpha value is -7.36. The molecule has 1 aliphatic carbocycles. The van der Waals surface area contributed by atoms with Crippen molar-refractivity contribution in [2.24, 2.45) is 0 Å². The minimum Gasteiger partial charge on any atom is -0.311 e. The van der Waals surface area contributed by atoms with Gasteiger partial charge < -0.3 is 14.7 Å². The van der Waals surface area contributed by atoms with E-state index in [9.17, 15) is 0 Å². The molecule has 0 bridgehead atoms. The number of anilines is 8. The highest BCUT2D eigenvalue weighted by Gasteiger charge is 2.17. The first-order valence-corrected chi connectivity index (χ1v) is 21.7. The molecule has 0 N–H and O–H groups in total. The molecule has 61 heavy (non-hydrogen) atoms. The fraction of sp³-hybridized carbons (Fsp3) is 0.103. The maximum atomic E-state index is 2.34. The summed E-state index contributed by atoms with van der Waals surface area (Å²) in [5.74, 6) is 0. The van der Waals surface area contributed by atoms with Crippen LogP contribution in [0.3, 0.4) is 0 Å². The van der Waals surface area contributed by atoms with Crippen LogP contribution in [-0.4, -0.2) is 0 Å². The molecule has 8 aromatic carbocycles. The normalized spacial score (nSPS) is 11.5. The van der Waals surface area contributed by atoms with Crippen molar-refractivity contribution in [2.75, 3.05) is 14.7 Å². The molecule has 0 unspecified atom stereocenters. The van der Waals surface area contributed by atoms with E-state index in [0.717, 1.165) is 58.3 Å². The fourth-order valence-corrected chi connectivity index (χ4v) is 7.63. The van der Waals surface area contributed by atoms with Crippen molar-refractivity contribution in [3.05, 3.63) is 242 Å². The lowest BCUT2D eigenvalue weighted by Gasteiger charge is -2.28. The maximum Gasteiger partial charge on any atom is 0.0462 e. The summed E-state index contributed by atoms with van der Waals surface area (Å²) in [6.45, 7) is 8.00. The molecule has 8 aromatic rings. The molecule has 0 saturated carbocycles. The molecular weight excluding hydrogens is 739 g/mol. The van der Waals surface area contributed by atoms with Gasteiger partial charge >= 0.3 is 0 Å². The van der Waals surface area contributed by atoms with Gasteiger partial charge in [-0.15, -0.1) is 0 Å². The molecule has 3 heteroatoms. The molecule has 0 aromatic heterocycles. The van der Waals surface area contributed by atoms with Crippen LogP contribution in [0, 0.1) is 0 Å². The van der Waals surface area contributed by atoms with Crippen molar-refractivity contribution in [1.82, 2.24) is 0 Å². The molecular formula is C58H55N3. The zero-order valence-corrected chi connectivity index (χ0v) is 35.8. The first-order valence-electron chi connectivity index (χ1n) is 21.7. The third kappa shape index (κ3) is 9.92. The Morgan fingerprint density at radius 2 is 0.508 bits per heavy atom. The first-order chi connectivity index (χ1) is 30.3. The van der Waals surface area contributed by atoms with Gasteiger partial charge in [0.05, 0.1) is 0 Å². The number of nitrogens with zero attached hydrogens (tertiary/aromatic N) is 3. The van der Waals surface area contributed by atoms with E-state index in [1.807, 2.05) is 27.7 Å². The molecule has 1 aliphatic rings. The predicted molar refractivity (Wildman–Crippen MR) is 264 cm³/mol. The van der Waals surface area contributed by atoms with E-state index in [2.05, 4.69) is 251 Å². The quantitative estimate of drug-likeness (QED) is 0.129. The van der Waals surface area contributed by atoms with Crippen molar-refractivity contribution in [2.45, 2.75) is 40.5 Å². The van der Waals surface area contributed by atoms with Crippen LogP contribution in [0.25, 0.3) is 22.3 Å². The summed E-state index contributed by atoms with van der Waals surface area (Å²) < 4.78 is 0. The standard InChI is InChI=1S/C54H43N3.2C2H6/c1-6-16-46(17-7-1)55(47-18-8-2-9-19-47)51-34-26-42(27-35-51)44-30-38-53(39-31-44)57(50-24-14-5-15-25-50)54-40-32-45(33-41-54)43-28-36-52(37-29-43)56(48-20-10-3-11-21-48)49-22-12-4-13-23-49;2*1-2/h1-3,5-12,14-41H,4,13H2;2*1-2H3. The third-order valence-corrected chi connectivity index (χ3v) is 10.5. The highest BCUT2D eigenvalue weighted by molar-refractivity contribution is 5.82. The molecule has 0 saturated heterocycles. The Morgan fingerprint density at radius 1 is 0.262 bits per heavy atom. The number of allylic oxidation sites excluding steroid dienone is 3. The van der Waals surface area contributed by atoms with Gasteiger partial charge in [-0.25, -0.2) is 0 Å². The van der Waals surface area contributed by atoms with E-state index in [-0.39, 0.29) is 0 Å². The second-order valence-corrected chi connectivity index (χ2v) is 14.1. The predicted octanol–water partition coefficient (Wildman–Crippen LogP) is 17.4. The van der Waals surface area contributed by atoms with Gasteiger partial charge in [-0.1, -0.05) is 161 Å². The van der Waals surface area contributed by atoms with Gasteiger partial charge in [-0.05, 0) is 138 Å². The minimum atomic E-state index is 1.06. The van der Waals surface area contributed by atoms with Crippen molar-refractivity contribution in [3.8, 4) is 22.3 Å². The Kier molecular flexibility index (Phi) is 14.4. The van der Waals surface area contributed by atoms with Crippen LogP contribution in [0.1, 0.15) is 40.5 Å². The summed E-state index contributed by atoms with van der Waals surface area (Å²) in [5.41, 5.74) is 14.9. The van der Waals surface area contributed by atoms with E-state index in [1.54, 1.807) is 0 Å². The first kappa shape index (κ1) is 41.8. The van der Waals surface area contributed by atoms with Crippen LogP contribution >= 0.6 is 0 Å². The maximum absolute atomic E-state index is 2.34. The van der Waals surface area contributed by atoms with E-state index in [0.29, 0.717) is 0 Å². The van der Waals surface area contributed by atoms with Crippen LogP contribution < -0.4 is 14.7 Å². The Bertz CT molecular complexity index is 2520. The Balaban J connectivity index is 0.00000136. The second-order valence-electron chi connectivity index (χ2n) is 14.1. The molecule has 0 heterocycles. The molecule has 9 rings (SSSR count). The van der Waals surface area contributed by atoms with Gasteiger partial charge in [0.2, 0.25) is 0 Å². The second kappa shape index (κ2) is 21.1. The summed E-state index contributed by atoms with van der Waals surface area (Å²) in [4.78, 5) is 6.95. The van der Waals surface area contributed by atoms with E-state index in [1.165, 1.54) is 28.0 Å². The average molecular weight is 794 g/mol. The highest BCUT2D eigenvalue weighted by Crippen LogP contribution is 2.39. The van der Waals surface area contributed by atoms with Crippen molar-refractivity contribution >= 4 is 45.5 Å². The molecule has 0 fully saturated rings. The van der Waals surface area contributed by atoms with Crippen molar-refractivity contribution < 1.29 is 0 Å². The van der Waals surface area contributed by atoms with Crippen LogP contribution in [-0.2, 0) is 0 Å². The third-order valence-electron chi connectivity index (χ3n) is 10.5. The van der Waals surface area contributed by atoms with Crippen LogP contribution in [0.4, 0.5) is 45.5 Å². The van der Waals surface area contributed by atoms with Crippen LogP contribution in [0.2, 0.25) is 0 Å². The van der Waals surface area contributed by atoms with Gasteiger partial charge in [-0.2, -0.15) is 0 Å². The van der Waals surface area contributed by atoms with E-state index >= 15 is 0 Å². The summed E-state index contributed by atoms with van der Waals surface area (Å²) in [6, 6.07) is 77.8. The molecule has 0 aliphatic heterocycles. The molecule has 302 valence electrons. The molecule has 3 nitrogen and oxygen atoms in total. The Morgan fingerprint density at radius 3 is 0.770 bits per heavy atom. The van der Waals surface area contributed by atoms with E-state index in [4.69, 9.17) is 0 Å². The average Bonchev–Trinajstić information content (AvgIpc) is 3.36. The van der Waals surface area contributed by atoms with Crippen molar-refractivity contribution in [3.63, 3.8) is 0 Å². The van der Waals surface area contributed by atoms with Crippen LogP contribution in [0.15, 0.2) is 242 Å². The van der Waals surface area contributed by atoms with Gasteiger partial charge in [-0.3, -0.25) is 0 Å². The highest BCUT2D eigenvalue weighted by atomic mass is 15.2. The summed E-state index contributed by atoms with van der Waals surface area (Å²) in [5, 5.41) is 0. The summed E-state index contributed by atoms with van der Waals surface area (Å²) >= 11 is 0. The SMILES string of the molecule is C1=CC(N(c2ccccc2)c2ccc(-c3ccc(N(c4ccccc4)c4ccc(-c5ccc(N(c6ccccc6)c6ccccc6)cc5)cc4)cc3)cc2)=CCC1.CC.CC. The lowest BCUT2D eigenvalue weighted by molar-refractivity contribution is 0.997. The van der Waals surface area contributed by atoms with Gasteiger partial charge in [0.25, 0.3) is 0 Å². The summed E-state index contributed by atoms with van der Waals surface area (Å²) in [6.07, 6.45) is 8.98. The van der Waals surface area contributed by atoms with Gasteiger partial charge in [0.15, 0.2) is 0 Å². The fourth-order valence-electron chi connectivity index (χ4n) is 7.63. The number of hydrogen-bond donors (Lipinski definition) is 0. The number of rotatable bonds is 11. The monoisotopic (exact) mass is 793 g/mol. The largest absolute Gasteiger partial charge is 0.311 e. The number of hydrogen-bond acceptors (Lipinski definition) is 3. The van der Waals surface area contributed by atoms with Crippen LogP contribution in [0.5, 0.6) is 0 Å². The smallest absolute Gasteiger partial charge is 0.0462 e. The van der Waals surface area contributed by atoms with Gasteiger partial charge in [0, 0.05) is 51.2 Å². The Labute approximate surface area is 363 Å². The number of para-hydroxylation sites is 4. The summed E-state index contributed by atoms with van der Waals surface area (Å²) in [7, 11) is 0. The van der Waals surface area contributed by atoms with E-state index < -0.39 is 0 Å². The molecule has 0 atom stereocenters. The zero-order valence-electron chi connectivity index (χ0n) is 35.8. The zero-order chi connectivity index (χ0) is 42.2. The van der Waals surface area contributed by atoms with Crippen molar-refractivity contribution in [1.29, 1.82) is 0 Å². The van der Waals surface area contributed by atoms with Gasteiger partial charge in [0.1, 0.15) is 0 Å². The lowest BCUT2D eigenvalue weighted by atomic mass is 10.0. The topological polar surface area (TPSA) is 9.72 Å². The lowest BCUT2D eigenvalue weighted by Crippen LogP contribution is -2.16. The number of benzene rings is 8.